The summed E-state index contributed by atoms with van der Waals surface area (Å²) in [6.07, 6.45) is 10.2. The zero-order valence-electron chi connectivity index (χ0n) is 13.1. The molecule has 1 unspecified atom stereocenters. The van der Waals surface area contributed by atoms with E-state index in [1.807, 2.05) is 12.3 Å². The molecule has 0 aliphatic carbocycles. The number of aryl methyl sites for hydroxylation is 1. The fourth-order valence-electron chi connectivity index (χ4n) is 3.29. The first-order valence-corrected chi connectivity index (χ1v) is 8.10. The molecule has 3 heteroatoms. The lowest BCUT2D eigenvalue weighted by molar-refractivity contribution is 0.320. The summed E-state index contributed by atoms with van der Waals surface area (Å²) in [5.41, 5.74) is 4.99. The summed E-state index contributed by atoms with van der Waals surface area (Å²) in [6, 6.07) is 4.61. The van der Waals surface area contributed by atoms with Gasteiger partial charge < -0.3 is 10.2 Å². The van der Waals surface area contributed by atoms with E-state index in [9.17, 15) is 0 Å². The Balaban J connectivity index is 1.81. The Bertz CT molecular complexity index is 553. The molecule has 1 N–H and O–H groups in total. The van der Waals surface area contributed by atoms with Gasteiger partial charge in [-0.05, 0) is 57.0 Å². The molecule has 1 atom stereocenters. The highest BCUT2D eigenvalue weighted by Gasteiger charge is 2.21. The first-order chi connectivity index (χ1) is 10.3. The van der Waals surface area contributed by atoms with E-state index in [0.29, 0.717) is 6.04 Å². The second kappa shape index (κ2) is 6.44. The molecule has 1 saturated heterocycles. The zero-order valence-corrected chi connectivity index (χ0v) is 13.1. The number of dihydropyridines is 1. The smallest absolute Gasteiger partial charge is 0.0575 e. The predicted molar refractivity (Wildman–Crippen MR) is 87.9 cm³/mol. The molecule has 2 aliphatic rings. The maximum Gasteiger partial charge on any atom is 0.0575 e. The van der Waals surface area contributed by atoms with Crippen LogP contribution in [0.3, 0.4) is 0 Å². The lowest BCUT2D eigenvalue weighted by Gasteiger charge is -2.29. The van der Waals surface area contributed by atoms with Crippen LogP contribution in [0, 0.1) is 6.92 Å². The Hall–Kier alpha value is -1.61. The minimum atomic E-state index is 0.410. The normalized spacial score (nSPS) is 22.7. The Morgan fingerprint density at radius 3 is 2.86 bits per heavy atom. The zero-order chi connectivity index (χ0) is 14.7. The van der Waals surface area contributed by atoms with Crippen LogP contribution in [0.1, 0.15) is 37.4 Å². The van der Waals surface area contributed by atoms with Crippen molar-refractivity contribution in [2.75, 3.05) is 19.6 Å². The highest BCUT2D eigenvalue weighted by atomic mass is 15.2. The van der Waals surface area contributed by atoms with Crippen molar-refractivity contribution in [3.63, 3.8) is 0 Å². The van der Waals surface area contributed by atoms with Crippen molar-refractivity contribution >= 4 is 5.70 Å². The van der Waals surface area contributed by atoms with Crippen LogP contribution in [-0.4, -0.2) is 35.6 Å². The molecule has 112 valence electrons. The molecule has 3 nitrogen and oxygen atoms in total. The molecule has 21 heavy (non-hydrogen) atoms. The average Bonchev–Trinajstić information content (AvgIpc) is 3.01. The van der Waals surface area contributed by atoms with Crippen LogP contribution in [0.4, 0.5) is 0 Å². The fourth-order valence-corrected chi connectivity index (χ4v) is 3.29. The number of allylic oxidation sites excluding steroid dienone is 2. The first-order valence-electron chi connectivity index (χ1n) is 8.10. The predicted octanol–water partition coefficient (Wildman–Crippen LogP) is 3.13. The van der Waals surface area contributed by atoms with Crippen LogP contribution in [0.25, 0.3) is 5.70 Å². The molecule has 0 radical (unpaired) electrons. The SMILES string of the molecule is CCC1=C(c2cccnc2C)NC(CN2CCCC2)C=C1. The molecular formula is C18H25N3. The van der Waals surface area contributed by atoms with Crippen molar-refractivity contribution < 1.29 is 0 Å². The van der Waals surface area contributed by atoms with Crippen molar-refractivity contribution in [2.45, 2.75) is 39.2 Å². The molecule has 1 aromatic heterocycles. The second-order valence-corrected chi connectivity index (χ2v) is 6.01. The molecule has 0 saturated carbocycles. The summed E-state index contributed by atoms with van der Waals surface area (Å²) >= 11 is 0. The monoisotopic (exact) mass is 283 g/mol. The number of hydrogen-bond acceptors (Lipinski definition) is 3. The van der Waals surface area contributed by atoms with Crippen LogP contribution in [0.2, 0.25) is 0 Å². The van der Waals surface area contributed by atoms with Crippen molar-refractivity contribution in [3.8, 4) is 0 Å². The van der Waals surface area contributed by atoms with E-state index < -0.39 is 0 Å². The number of pyridine rings is 1. The molecule has 0 aromatic carbocycles. The highest BCUT2D eigenvalue weighted by Crippen LogP contribution is 2.25. The number of nitrogens with one attached hydrogen (secondary N) is 1. The summed E-state index contributed by atoms with van der Waals surface area (Å²) in [5.74, 6) is 0. The number of aromatic nitrogens is 1. The van der Waals surface area contributed by atoms with Crippen molar-refractivity contribution in [2.24, 2.45) is 0 Å². The third-order valence-corrected chi connectivity index (χ3v) is 4.49. The number of rotatable bonds is 4. The fraction of sp³-hybridized carbons (Fsp3) is 0.500. The third kappa shape index (κ3) is 3.18. The molecule has 3 heterocycles. The Labute approximate surface area is 127 Å². The van der Waals surface area contributed by atoms with Crippen LogP contribution in [0.15, 0.2) is 36.1 Å². The second-order valence-electron chi connectivity index (χ2n) is 6.01. The molecule has 0 amide bonds. The molecular weight excluding hydrogens is 258 g/mol. The molecule has 3 rings (SSSR count). The lowest BCUT2D eigenvalue weighted by Crippen LogP contribution is -2.39. The molecule has 1 aromatic rings. The maximum atomic E-state index is 4.44. The first kappa shape index (κ1) is 14.3. The van der Waals surface area contributed by atoms with Gasteiger partial charge in [0.1, 0.15) is 0 Å². The van der Waals surface area contributed by atoms with E-state index in [-0.39, 0.29) is 0 Å². The van der Waals surface area contributed by atoms with Gasteiger partial charge in [0, 0.05) is 29.7 Å². The summed E-state index contributed by atoms with van der Waals surface area (Å²) in [5, 5.41) is 3.75. The Morgan fingerprint density at radius 1 is 1.33 bits per heavy atom. The van der Waals surface area contributed by atoms with Gasteiger partial charge in [0.25, 0.3) is 0 Å². The van der Waals surface area contributed by atoms with Crippen LogP contribution >= 0.6 is 0 Å². The number of likely N-dealkylation sites (tertiary alicyclic amines) is 1. The third-order valence-electron chi connectivity index (χ3n) is 4.49. The lowest BCUT2D eigenvalue weighted by atomic mass is 9.98. The largest absolute Gasteiger partial charge is 0.377 e. The van der Waals surface area contributed by atoms with E-state index in [1.54, 1.807) is 0 Å². The van der Waals surface area contributed by atoms with Gasteiger partial charge in [0.05, 0.1) is 6.04 Å². The van der Waals surface area contributed by atoms with Gasteiger partial charge in [-0.2, -0.15) is 0 Å². The van der Waals surface area contributed by atoms with E-state index in [1.165, 1.54) is 42.8 Å². The van der Waals surface area contributed by atoms with Gasteiger partial charge in [-0.15, -0.1) is 0 Å². The number of nitrogens with zero attached hydrogens (tertiary/aromatic N) is 2. The van der Waals surface area contributed by atoms with Gasteiger partial charge in [0.15, 0.2) is 0 Å². The maximum absolute atomic E-state index is 4.44. The van der Waals surface area contributed by atoms with Crippen LogP contribution in [0.5, 0.6) is 0 Å². The van der Waals surface area contributed by atoms with E-state index >= 15 is 0 Å². The summed E-state index contributed by atoms with van der Waals surface area (Å²) in [6.45, 7) is 7.91. The molecule has 0 spiro atoms. The van der Waals surface area contributed by atoms with Gasteiger partial charge in [-0.3, -0.25) is 4.98 Å². The van der Waals surface area contributed by atoms with Crippen molar-refractivity contribution in [1.82, 2.24) is 15.2 Å². The summed E-state index contributed by atoms with van der Waals surface area (Å²) in [4.78, 5) is 7.00. The average molecular weight is 283 g/mol. The quantitative estimate of drug-likeness (QED) is 0.920. The van der Waals surface area contributed by atoms with Gasteiger partial charge in [-0.1, -0.05) is 19.1 Å². The molecule has 2 aliphatic heterocycles. The van der Waals surface area contributed by atoms with Crippen molar-refractivity contribution in [1.29, 1.82) is 0 Å². The molecule has 1 fully saturated rings. The highest BCUT2D eigenvalue weighted by molar-refractivity contribution is 5.72. The molecule has 0 bridgehead atoms. The van der Waals surface area contributed by atoms with Gasteiger partial charge in [-0.25, -0.2) is 0 Å². The minimum absolute atomic E-state index is 0.410. The van der Waals surface area contributed by atoms with E-state index in [0.717, 1.165) is 18.7 Å². The van der Waals surface area contributed by atoms with Crippen molar-refractivity contribution in [3.05, 3.63) is 47.3 Å². The van der Waals surface area contributed by atoms with Gasteiger partial charge >= 0.3 is 0 Å². The topological polar surface area (TPSA) is 28.2 Å². The van der Waals surface area contributed by atoms with Crippen LogP contribution in [-0.2, 0) is 0 Å². The minimum Gasteiger partial charge on any atom is -0.377 e. The summed E-state index contributed by atoms with van der Waals surface area (Å²) in [7, 11) is 0. The summed E-state index contributed by atoms with van der Waals surface area (Å²) < 4.78 is 0. The van der Waals surface area contributed by atoms with Crippen LogP contribution < -0.4 is 5.32 Å². The van der Waals surface area contributed by atoms with E-state index in [4.69, 9.17) is 0 Å². The Morgan fingerprint density at radius 2 is 2.14 bits per heavy atom. The Kier molecular flexibility index (Phi) is 4.39. The standard InChI is InChI=1S/C18H25N3/c1-3-15-8-9-16(13-21-11-4-5-12-21)20-18(15)17-7-6-10-19-14(17)2/h6-10,16,20H,3-5,11-13H2,1-2H3. The van der Waals surface area contributed by atoms with Gasteiger partial charge in [0.2, 0.25) is 0 Å². The van der Waals surface area contributed by atoms with E-state index in [2.05, 4.69) is 47.3 Å². The number of hydrogen-bond donors (Lipinski definition) is 1.